The minimum Gasteiger partial charge on any atom is -0.481 e. The number of aromatic nitrogens is 2. The second kappa shape index (κ2) is 5.79. The van der Waals surface area contributed by atoms with Crippen LogP contribution in [-0.4, -0.2) is 44.8 Å². The molecule has 0 aliphatic carbocycles. The van der Waals surface area contributed by atoms with Crippen molar-refractivity contribution in [3.63, 3.8) is 0 Å². The third kappa shape index (κ3) is 2.68. The van der Waals surface area contributed by atoms with Crippen LogP contribution in [0.15, 0.2) is 30.5 Å². The van der Waals surface area contributed by atoms with Gasteiger partial charge in [-0.1, -0.05) is 25.1 Å². The highest BCUT2D eigenvalue weighted by Crippen LogP contribution is 2.24. The molecule has 2 atom stereocenters. The van der Waals surface area contributed by atoms with Crippen LogP contribution >= 0.6 is 0 Å². The lowest BCUT2D eigenvalue weighted by atomic mass is 9.87. The van der Waals surface area contributed by atoms with Gasteiger partial charge in [0.05, 0.1) is 17.6 Å². The van der Waals surface area contributed by atoms with Gasteiger partial charge in [0.15, 0.2) is 0 Å². The fourth-order valence-corrected chi connectivity index (χ4v) is 3.12. The first-order valence-corrected chi connectivity index (χ1v) is 7.47. The van der Waals surface area contributed by atoms with E-state index >= 15 is 0 Å². The largest absolute Gasteiger partial charge is 0.481 e. The number of rotatable bonds is 3. The van der Waals surface area contributed by atoms with Crippen LogP contribution in [0.4, 0.5) is 0 Å². The van der Waals surface area contributed by atoms with Gasteiger partial charge in [-0.25, -0.2) is 0 Å². The molecule has 6 heteroatoms. The Hall–Kier alpha value is -2.37. The monoisotopic (exact) mass is 301 g/mol. The maximum atomic E-state index is 12.4. The van der Waals surface area contributed by atoms with Gasteiger partial charge in [0.1, 0.15) is 6.54 Å². The first-order chi connectivity index (χ1) is 10.6. The Morgan fingerprint density at radius 3 is 2.86 bits per heavy atom. The lowest BCUT2D eigenvalue weighted by molar-refractivity contribution is -0.148. The van der Waals surface area contributed by atoms with Crippen LogP contribution in [0.25, 0.3) is 10.9 Å². The minimum atomic E-state index is -0.766. The van der Waals surface area contributed by atoms with Gasteiger partial charge in [0.25, 0.3) is 0 Å². The highest BCUT2D eigenvalue weighted by molar-refractivity contribution is 5.82. The molecule has 6 nitrogen and oxygen atoms in total. The number of piperidine rings is 1. The maximum Gasteiger partial charge on any atom is 0.306 e. The highest BCUT2D eigenvalue weighted by Gasteiger charge is 2.33. The fraction of sp³-hybridized carbons (Fsp3) is 0.438. The Kier molecular flexibility index (Phi) is 3.83. The van der Waals surface area contributed by atoms with E-state index in [9.17, 15) is 9.59 Å². The number of carbonyl (C=O) groups excluding carboxylic acids is 1. The number of hydrogen-bond donors (Lipinski definition) is 1. The zero-order valence-corrected chi connectivity index (χ0v) is 12.5. The van der Waals surface area contributed by atoms with E-state index in [-0.39, 0.29) is 24.3 Å². The van der Waals surface area contributed by atoms with Crippen molar-refractivity contribution in [3.8, 4) is 0 Å². The summed E-state index contributed by atoms with van der Waals surface area (Å²) in [6.07, 6.45) is 2.27. The third-order valence-electron chi connectivity index (χ3n) is 4.41. The van der Waals surface area contributed by atoms with Crippen molar-refractivity contribution >= 4 is 22.8 Å². The summed E-state index contributed by atoms with van der Waals surface area (Å²) in [6, 6.07) is 7.76. The zero-order valence-electron chi connectivity index (χ0n) is 12.5. The van der Waals surface area contributed by atoms with Gasteiger partial charge in [-0.15, -0.1) is 0 Å². The van der Waals surface area contributed by atoms with Gasteiger partial charge >= 0.3 is 5.97 Å². The SMILES string of the molecule is CC1CN(C(=O)Cn2ncc3ccccc32)CCC1C(=O)O. The predicted molar refractivity (Wildman–Crippen MR) is 81.2 cm³/mol. The number of amides is 1. The van der Waals surface area contributed by atoms with Crippen LogP contribution in [-0.2, 0) is 16.1 Å². The number of carboxylic acids is 1. The molecule has 1 aliphatic heterocycles. The van der Waals surface area contributed by atoms with Crippen LogP contribution in [0.1, 0.15) is 13.3 Å². The normalized spacial score (nSPS) is 22.0. The van der Waals surface area contributed by atoms with Crippen molar-refractivity contribution in [2.75, 3.05) is 13.1 Å². The number of fused-ring (bicyclic) bond motifs is 1. The minimum absolute atomic E-state index is 0.00968. The summed E-state index contributed by atoms with van der Waals surface area (Å²) in [5.41, 5.74) is 0.935. The number of aliphatic carboxylic acids is 1. The summed E-state index contributed by atoms with van der Waals surface area (Å²) < 4.78 is 1.70. The molecule has 0 saturated carbocycles. The Bertz CT molecular complexity index is 709. The molecule has 116 valence electrons. The van der Waals surface area contributed by atoms with Gasteiger partial charge in [-0.05, 0) is 18.4 Å². The average molecular weight is 301 g/mol. The van der Waals surface area contributed by atoms with Crippen LogP contribution in [0.2, 0.25) is 0 Å². The van der Waals surface area contributed by atoms with E-state index in [2.05, 4.69) is 5.10 Å². The van der Waals surface area contributed by atoms with E-state index in [0.717, 1.165) is 10.9 Å². The molecule has 2 heterocycles. The molecule has 1 N–H and O–H groups in total. The second-order valence-corrected chi connectivity index (χ2v) is 5.91. The molecule has 1 amide bonds. The molecule has 1 aromatic heterocycles. The molecule has 1 aromatic carbocycles. The molecule has 0 spiro atoms. The summed E-state index contributed by atoms with van der Waals surface area (Å²) in [4.78, 5) is 25.3. The summed E-state index contributed by atoms with van der Waals surface area (Å²) in [6.45, 7) is 3.08. The number of carboxylic acid groups (broad SMARTS) is 1. The molecule has 2 aromatic rings. The van der Waals surface area contributed by atoms with Crippen molar-refractivity contribution in [3.05, 3.63) is 30.5 Å². The molecule has 1 saturated heterocycles. The Balaban J connectivity index is 1.69. The van der Waals surface area contributed by atoms with Crippen molar-refractivity contribution in [1.82, 2.24) is 14.7 Å². The van der Waals surface area contributed by atoms with E-state index < -0.39 is 5.97 Å². The third-order valence-corrected chi connectivity index (χ3v) is 4.41. The average Bonchev–Trinajstić information content (AvgIpc) is 2.90. The Morgan fingerprint density at radius 1 is 1.36 bits per heavy atom. The van der Waals surface area contributed by atoms with Crippen molar-refractivity contribution in [1.29, 1.82) is 0 Å². The van der Waals surface area contributed by atoms with Crippen molar-refractivity contribution < 1.29 is 14.7 Å². The van der Waals surface area contributed by atoms with E-state index in [1.54, 1.807) is 15.8 Å². The van der Waals surface area contributed by atoms with E-state index in [1.807, 2.05) is 31.2 Å². The summed E-state index contributed by atoms with van der Waals surface area (Å²) in [5, 5.41) is 14.4. The molecule has 22 heavy (non-hydrogen) atoms. The number of nitrogens with zero attached hydrogens (tertiary/aromatic N) is 3. The van der Waals surface area contributed by atoms with Crippen LogP contribution < -0.4 is 0 Å². The molecular formula is C16H19N3O3. The molecule has 3 rings (SSSR count). The Morgan fingerprint density at radius 2 is 2.14 bits per heavy atom. The van der Waals surface area contributed by atoms with Gasteiger partial charge in [0.2, 0.25) is 5.91 Å². The summed E-state index contributed by atoms with van der Waals surface area (Å²) in [7, 11) is 0. The molecule has 0 radical (unpaired) electrons. The van der Waals surface area contributed by atoms with Crippen molar-refractivity contribution in [2.24, 2.45) is 11.8 Å². The van der Waals surface area contributed by atoms with E-state index in [1.165, 1.54) is 0 Å². The molecular weight excluding hydrogens is 282 g/mol. The molecule has 1 aliphatic rings. The van der Waals surface area contributed by atoms with Crippen LogP contribution in [0.5, 0.6) is 0 Å². The molecule has 1 fully saturated rings. The zero-order chi connectivity index (χ0) is 15.7. The van der Waals surface area contributed by atoms with Gasteiger partial charge in [0, 0.05) is 18.5 Å². The first kappa shape index (κ1) is 14.6. The number of para-hydroxylation sites is 1. The van der Waals surface area contributed by atoms with Gasteiger partial charge in [-0.3, -0.25) is 14.3 Å². The smallest absolute Gasteiger partial charge is 0.306 e. The molecule has 2 unspecified atom stereocenters. The Labute approximate surface area is 128 Å². The standard InChI is InChI=1S/C16H19N3O3/c1-11-9-18(7-6-13(11)16(21)22)15(20)10-19-14-5-3-2-4-12(14)8-17-19/h2-5,8,11,13H,6-7,9-10H2,1H3,(H,21,22). The topological polar surface area (TPSA) is 75.4 Å². The van der Waals surface area contributed by atoms with Crippen LogP contribution in [0, 0.1) is 11.8 Å². The van der Waals surface area contributed by atoms with Crippen molar-refractivity contribution in [2.45, 2.75) is 19.9 Å². The van der Waals surface area contributed by atoms with Crippen LogP contribution in [0.3, 0.4) is 0 Å². The first-order valence-electron chi connectivity index (χ1n) is 7.47. The second-order valence-electron chi connectivity index (χ2n) is 5.91. The number of benzene rings is 1. The fourth-order valence-electron chi connectivity index (χ4n) is 3.12. The number of hydrogen-bond acceptors (Lipinski definition) is 3. The number of likely N-dealkylation sites (tertiary alicyclic amines) is 1. The quantitative estimate of drug-likeness (QED) is 0.934. The predicted octanol–water partition coefficient (Wildman–Crippen LogP) is 1.61. The lowest BCUT2D eigenvalue weighted by Crippen LogP contribution is -2.46. The number of carbonyl (C=O) groups is 2. The van der Waals surface area contributed by atoms with Gasteiger partial charge in [-0.2, -0.15) is 5.10 Å². The van der Waals surface area contributed by atoms with Gasteiger partial charge < -0.3 is 10.0 Å². The maximum absolute atomic E-state index is 12.4. The summed E-state index contributed by atoms with van der Waals surface area (Å²) >= 11 is 0. The summed E-state index contributed by atoms with van der Waals surface area (Å²) in [5.74, 6) is -1.15. The lowest BCUT2D eigenvalue weighted by Gasteiger charge is -2.35. The highest BCUT2D eigenvalue weighted by atomic mass is 16.4. The molecule has 0 bridgehead atoms. The van der Waals surface area contributed by atoms with E-state index in [4.69, 9.17) is 5.11 Å². The van der Waals surface area contributed by atoms with E-state index in [0.29, 0.717) is 19.5 Å².